The van der Waals surface area contributed by atoms with Crippen molar-refractivity contribution >= 4 is 11.8 Å². The molecule has 8 nitrogen and oxygen atoms in total. The maximum absolute atomic E-state index is 12.6. The highest BCUT2D eigenvalue weighted by Gasteiger charge is 2.23. The van der Waals surface area contributed by atoms with Gasteiger partial charge in [-0.2, -0.15) is 5.10 Å². The minimum Gasteiger partial charge on any atom is -0.358 e. The van der Waals surface area contributed by atoms with Gasteiger partial charge in [-0.25, -0.2) is 9.67 Å². The Labute approximate surface area is 140 Å². The first-order chi connectivity index (χ1) is 11.7. The van der Waals surface area contributed by atoms with E-state index in [4.69, 9.17) is 0 Å². The summed E-state index contributed by atoms with van der Waals surface area (Å²) in [6, 6.07) is 7.31. The van der Waals surface area contributed by atoms with Crippen molar-refractivity contribution in [1.29, 1.82) is 0 Å². The van der Waals surface area contributed by atoms with Crippen molar-refractivity contribution in [2.45, 2.75) is 0 Å². The van der Waals surface area contributed by atoms with Gasteiger partial charge in [0, 0.05) is 38.8 Å². The van der Waals surface area contributed by atoms with Crippen LogP contribution in [0.5, 0.6) is 0 Å². The second kappa shape index (κ2) is 7.22. The molecule has 1 aliphatic heterocycles. The van der Waals surface area contributed by atoms with Gasteiger partial charge in [-0.3, -0.25) is 14.5 Å². The number of hydrogen-bond acceptors (Lipinski definition) is 5. The van der Waals surface area contributed by atoms with E-state index in [0.717, 1.165) is 5.69 Å². The molecule has 1 N–H and O–H groups in total. The van der Waals surface area contributed by atoms with Crippen LogP contribution in [0.4, 0.5) is 0 Å². The largest absolute Gasteiger partial charge is 0.358 e. The fraction of sp³-hybridized carbons (Fsp3) is 0.375. The molecule has 0 atom stereocenters. The summed E-state index contributed by atoms with van der Waals surface area (Å²) < 4.78 is 1.64. The lowest BCUT2D eigenvalue weighted by atomic mass is 10.1. The Kier molecular flexibility index (Phi) is 4.85. The lowest BCUT2D eigenvalue weighted by Gasteiger charge is -2.34. The highest BCUT2D eigenvalue weighted by molar-refractivity contribution is 5.94. The fourth-order valence-corrected chi connectivity index (χ4v) is 2.67. The van der Waals surface area contributed by atoms with Gasteiger partial charge in [-0.15, -0.1) is 0 Å². The molecule has 1 aromatic heterocycles. The summed E-state index contributed by atoms with van der Waals surface area (Å²) in [5.41, 5.74) is 1.51. The van der Waals surface area contributed by atoms with Crippen LogP contribution in [-0.4, -0.2) is 76.2 Å². The summed E-state index contributed by atoms with van der Waals surface area (Å²) in [6.45, 7) is 3.04. The molecule has 126 valence electrons. The van der Waals surface area contributed by atoms with Crippen molar-refractivity contribution < 1.29 is 9.59 Å². The van der Waals surface area contributed by atoms with Crippen molar-refractivity contribution in [2.24, 2.45) is 0 Å². The molecule has 1 saturated heterocycles. The highest BCUT2D eigenvalue weighted by atomic mass is 16.2. The van der Waals surface area contributed by atoms with Crippen LogP contribution in [0.25, 0.3) is 5.69 Å². The van der Waals surface area contributed by atoms with E-state index in [-0.39, 0.29) is 11.8 Å². The lowest BCUT2D eigenvalue weighted by molar-refractivity contribution is -0.122. The fourth-order valence-electron chi connectivity index (χ4n) is 2.67. The van der Waals surface area contributed by atoms with Crippen LogP contribution in [0.1, 0.15) is 10.4 Å². The zero-order chi connectivity index (χ0) is 16.9. The Balaban J connectivity index is 1.58. The van der Waals surface area contributed by atoms with Crippen LogP contribution >= 0.6 is 0 Å². The van der Waals surface area contributed by atoms with Crippen LogP contribution in [0.3, 0.4) is 0 Å². The minimum absolute atomic E-state index is 0.00141. The molecule has 0 unspecified atom stereocenters. The quantitative estimate of drug-likeness (QED) is 0.838. The Bertz CT molecular complexity index is 690. The SMILES string of the molecule is CNC(=O)CN1CCN(C(=O)c2ccc(-n3cncn3)cc2)CC1. The minimum atomic E-state index is -0.00141. The zero-order valence-electron chi connectivity index (χ0n) is 13.6. The molecule has 2 heterocycles. The van der Waals surface area contributed by atoms with Crippen molar-refractivity contribution in [2.75, 3.05) is 39.8 Å². The zero-order valence-corrected chi connectivity index (χ0v) is 13.6. The molecule has 1 fully saturated rings. The predicted molar refractivity (Wildman–Crippen MR) is 87.8 cm³/mol. The maximum Gasteiger partial charge on any atom is 0.253 e. The second-order valence-electron chi connectivity index (χ2n) is 5.63. The van der Waals surface area contributed by atoms with Crippen molar-refractivity contribution in [3.63, 3.8) is 0 Å². The maximum atomic E-state index is 12.6. The van der Waals surface area contributed by atoms with E-state index in [2.05, 4.69) is 20.3 Å². The number of hydrogen-bond donors (Lipinski definition) is 1. The van der Waals surface area contributed by atoms with Gasteiger partial charge in [0.15, 0.2) is 0 Å². The number of piperazine rings is 1. The van der Waals surface area contributed by atoms with E-state index >= 15 is 0 Å². The predicted octanol–water partition coefficient (Wildman–Crippen LogP) is -0.229. The van der Waals surface area contributed by atoms with E-state index in [0.29, 0.717) is 38.3 Å². The van der Waals surface area contributed by atoms with E-state index < -0.39 is 0 Å². The molecule has 2 aromatic rings. The van der Waals surface area contributed by atoms with Crippen LogP contribution in [0.2, 0.25) is 0 Å². The molecule has 0 saturated carbocycles. The lowest BCUT2D eigenvalue weighted by Crippen LogP contribution is -2.50. The van der Waals surface area contributed by atoms with Crippen molar-refractivity contribution in [3.8, 4) is 5.69 Å². The van der Waals surface area contributed by atoms with Gasteiger partial charge in [-0.1, -0.05) is 0 Å². The van der Waals surface area contributed by atoms with E-state index in [9.17, 15) is 9.59 Å². The third-order valence-electron chi connectivity index (χ3n) is 4.10. The molecule has 24 heavy (non-hydrogen) atoms. The Morgan fingerprint density at radius 1 is 1.12 bits per heavy atom. The number of nitrogens with zero attached hydrogens (tertiary/aromatic N) is 5. The molecular formula is C16H20N6O2. The molecular weight excluding hydrogens is 308 g/mol. The molecule has 8 heteroatoms. The van der Waals surface area contributed by atoms with Gasteiger partial charge in [0.2, 0.25) is 5.91 Å². The summed E-state index contributed by atoms with van der Waals surface area (Å²) in [5, 5.41) is 6.68. The summed E-state index contributed by atoms with van der Waals surface area (Å²) in [7, 11) is 1.63. The number of benzene rings is 1. The molecule has 1 aromatic carbocycles. The van der Waals surface area contributed by atoms with Gasteiger partial charge < -0.3 is 10.2 Å². The number of carbonyl (C=O) groups is 2. The first-order valence-electron chi connectivity index (χ1n) is 7.84. The molecule has 2 amide bonds. The Hall–Kier alpha value is -2.74. The normalized spacial score (nSPS) is 15.3. The monoisotopic (exact) mass is 328 g/mol. The standard InChI is InChI=1S/C16H20N6O2/c1-17-15(23)10-20-6-8-21(9-7-20)16(24)13-2-4-14(5-3-13)22-12-18-11-19-22/h2-5,11-12H,6-10H2,1H3,(H,17,23). The van der Waals surface area contributed by atoms with Gasteiger partial charge in [0.05, 0.1) is 12.2 Å². The van der Waals surface area contributed by atoms with Gasteiger partial charge >= 0.3 is 0 Å². The third kappa shape index (κ3) is 3.60. The summed E-state index contributed by atoms with van der Waals surface area (Å²) in [4.78, 5) is 31.8. The summed E-state index contributed by atoms with van der Waals surface area (Å²) in [5.74, 6) is 0.0122. The number of nitrogens with one attached hydrogen (secondary N) is 1. The van der Waals surface area contributed by atoms with E-state index in [1.165, 1.54) is 6.33 Å². The molecule has 1 aliphatic rings. The molecule has 0 radical (unpaired) electrons. The van der Waals surface area contributed by atoms with Crippen LogP contribution in [0.15, 0.2) is 36.9 Å². The van der Waals surface area contributed by atoms with E-state index in [1.807, 2.05) is 17.0 Å². The number of likely N-dealkylation sites (N-methyl/N-ethyl adjacent to an activating group) is 1. The van der Waals surface area contributed by atoms with Crippen LogP contribution < -0.4 is 5.32 Å². The number of amides is 2. The Morgan fingerprint density at radius 2 is 1.83 bits per heavy atom. The molecule has 3 rings (SSSR count). The number of aromatic nitrogens is 3. The van der Waals surface area contributed by atoms with Gasteiger partial charge in [-0.05, 0) is 24.3 Å². The van der Waals surface area contributed by atoms with Crippen molar-refractivity contribution in [3.05, 3.63) is 42.5 Å². The number of rotatable bonds is 4. The first kappa shape index (κ1) is 16.1. The van der Waals surface area contributed by atoms with Gasteiger partial charge in [0.1, 0.15) is 12.7 Å². The molecule has 0 bridgehead atoms. The van der Waals surface area contributed by atoms with Gasteiger partial charge in [0.25, 0.3) is 5.91 Å². The summed E-state index contributed by atoms with van der Waals surface area (Å²) in [6.07, 6.45) is 3.08. The highest BCUT2D eigenvalue weighted by Crippen LogP contribution is 2.12. The second-order valence-corrected chi connectivity index (χ2v) is 5.63. The topological polar surface area (TPSA) is 83.4 Å². The number of carbonyl (C=O) groups excluding carboxylic acids is 2. The van der Waals surface area contributed by atoms with Crippen LogP contribution in [0, 0.1) is 0 Å². The summed E-state index contributed by atoms with van der Waals surface area (Å²) >= 11 is 0. The smallest absolute Gasteiger partial charge is 0.253 e. The molecule has 0 aliphatic carbocycles. The van der Waals surface area contributed by atoms with E-state index in [1.54, 1.807) is 30.2 Å². The average Bonchev–Trinajstić information content (AvgIpc) is 3.16. The third-order valence-corrected chi connectivity index (χ3v) is 4.10. The van der Waals surface area contributed by atoms with Crippen LogP contribution in [-0.2, 0) is 4.79 Å². The van der Waals surface area contributed by atoms with Crippen molar-refractivity contribution in [1.82, 2.24) is 29.9 Å². The molecule has 0 spiro atoms. The Morgan fingerprint density at radius 3 is 2.42 bits per heavy atom. The first-order valence-corrected chi connectivity index (χ1v) is 7.84. The average molecular weight is 328 g/mol.